The molecule has 0 saturated heterocycles. The Morgan fingerprint density at radius 2 is 2.00 bits per heavy atom. The van der Waals surface area contributed by atoms with Crippen molar-refractivity contribution >= 4 is 34.1 Å². The van der Waals surface area contributed by atoms with E-state index in [1.807, 2.05) is 43.8 Å². The molecule has 0 aliphatic rings. The summed E-state index contributed by atoms with van der Waals surface area (Å²) in [6, 6.07) is 10.2. The van der Waals surface area contributed by atoms with Gasteiger partial charge in [0.2, 0.25) is 11.0 Å². The van der Waals surface area contributed by atoms with E-state index in [1.165, 1.54) is 16.9 Å². The number of carbonyl (C=O) groups is 1. The van der Waals surface area contributed by atoms with Crippen LogP contribution in [0.5, 0.6) is 0 Å². The Morgan fingerprint density at radius 1 is 1.23 bits per heavy atom. The van der Waals surface area contributed by atoms with Gasteiger partial charge in [0.05, 0.1) is 5.69 Å². The fraction of sp³-hybridized carbons (Fsp3) is 0.333. The third-order valence-electron chi connectivity index (χ3n) is 4.12. The first-order valence-corrected chi connectivity index (χ1v) is 10.1. The molecule has 3 aromatic rings. The van der Waals surface area contributed by atoms with Crippen molar-refractivity contribution in [3.63, 3.8) is 0 Å². The average Bonchev–Trinajstić information content (AvgIpc) is 3.17. The van der Waals surface area contributed by atoms with Crippen LogP contribution in [0.4, 0.5) is 5.13 Å². The SMILES string of the molecule is Cc1nn(C)c(C)c1CCC(=O)Nc1nnc(SCc2ccccc2)s1. The fourth-order valence-corrected chi connectivity index (χ4v) is 4.36. The van der Waals surface area contributed by atoms with Crippen molar-refractivity contribution in [3.8, 4) is 0 Å². The molecule has 26 heavy (non-hydrogen) atoms. The molecule has 136 valence electrons. The molecule has 1 aromatic carbocycles. The summed E-state index contributed by atoms with van der Waals surface area (Å²) in [5.41, 5.74) is 4.46. The van der Waals surface area contributed by atoms with Gasteiger partial charge in [-0.3, -0.25) is 9.48 Å². The van der Waals surface area contributed by atoms with Gasteiger partial charge in [-0.25, -0.2) is 0 Å². The van der Waals surface area contributed by atoms with Gasteiger partial charge in [-0.2, -0.15) is 5.10 Å². The van der Waals surface area contributed by atoms with Crippen molar-refractivity contribution < 1.29 is 4.79 Å². The van der Waals surface area contributed by atoms with Crippen LogP contribution >= 0.6 is 23.1 Å². The maximum absolute atomic E-state index is 12.2. The number of anilines is 1. The lowest BCUT2D eigenvalue weighted by atomic mass is 10.1. The summed E-state index contributed by atoms with van der Waals surface area (Å²) >= 11 is 3.03. The first-order chi connectivity index (χ1) is 12.5. The molecule has 8 heteroatoms. The van der Waals surface area contributed by atoms with Crippen LogP contribution in [0.1, 0.15) is 28.9 Å². The molecule has 1 amide bonds. The summed E-state index contributed by atoms with van der Waals surface area (Å²) in [5.74, 6) is 0.784. The van der Waals surface area contributed by atoms with Gasteiger partial charge in [0, 0.05) is 24.9 Å². The van der Waals surface area contributed by atoms with Crippen molar-refractivity contribution in [3.05, 3.63) is 52.8 Å². The van der Waals surface area contributed by atoms with Crippen LogP contribution in [-0.4, -0.2) is 25.9 Å². The zero-order valence-corrected chi connectivity index (χ0v) is 16.7. The zero-order chi connectivity index (χ0) is 18.5. The molecule has 0 unspecified atom stereocenters. The Labute approximate surface area is 161 Å². The predicted molar refractivity (Wildman–Crippen MR) is 106 cm³/mol. The highest BCUT2D eigenvalue weighted by atomic mass is 32.2. The normalized spacial score (nSPS) is 10.9. The number of aromatic nitrogens is 4. The van der Waals surface area contributed by atoms with Gasteiger partial charge in [-0.15, -0.1) is 10.2 Å². The van der Waals surface area contributed by atoms with E-state index < -0.39 is 0 Å². The summed E-state index contributed by atoms with van der Waals surface area (Å²) in [6.07, 6.45) is 1.07. The highest BCUT2D eigenvalue weighted by molar-refractivity contribution is 8.00. The highest BCUT2D eigenvalue weighted by Gasteiger charge is 2.13. The zero-order valence-electron chi connectivity index (χ0n) is 15.0. The molecule has 0 bridgehead atoms. The monoisotopic (exact) mass is 387 g/mol. The number of rotatable bonds is 7. The van der Waals surface area contributed by atoms with Crippen LogP contribution in [0, 0.1) is 13.8 Å². The summed E-state index contributed by atoms with van der Waals surface area (Å²) in [4.78, 5) is 12.2. The molecular weight excluding hydrogens is 366 g/mol. The number of hydrogen-bond acceptors (Lipinski definition) is 6. The second kappa shape index (κ2) is 8.46. The maximum Gasteiger partial charge on any atom is 0.226 e. The molecule has 2 aromatic heterocycles. The Morgan fingerprint density at radius 3 is 2.69 bits per heavy atom. The van der Waals surface area contributed by atoms with E-state index in [0.717, 1.165) is 27.0 Å². The molecule has 0 atom stereocenters. The lowest BCUT2D eigenvalue weighted by molar-refractivity contribution is -0.116. The quantitative estimate of drug-likeness (QED) is 0.494. The maximum atomic E-state index is 12.2. The Balaban J connectivity index is 1.49. The van der Waals surface area contributed by atoms with Crippen molar-refractivity contribution in [2.75, 3.05) is 5.32 Å². The summed E-state index contributed by atoms with van der Waals surface area (Å²) in [7, 11) is 1.92. The number of hydrogen-bond donors (Lipinski definition) is 1. The van der Waals surface area contributed by atoms with Crippen molar-refractivity contribution in [1.82, 2.24) is 20.0 Å². The molecule has 0 spiro atoms. The molecule has 0 saturated carbocycles. The number of nitrogens with zero attached hydrogens (tertiary/aromatic N) is 4. The summed E-state index contributed by atoms with van der Waals surface area (Å²) < 4.78 is 2.70. The molecule has 3 rings (SSSR count). The lowest BCUT2D eigenvalue weighted by Gasteiger charge is -2.02. The standard InChI is InChI=1S/C18H21N5OS2/c1-12-15(13(2)23(3)22-12)9-10-16(24)19-17-20-21-18(26-17)25-11-14-7-5-4-6-8-14/h4-8H,9-11H2,1-3H3,(H,19,20,24). The fourth-order valence-electron chi connectivity index (χ4n) is 2.64. The number of benzene rings is 1. The van der Waals surface area contributed by atoms with Gasteiger partial charge >= 0.3 is 0 Å². The first kappa shape index (κ1) is 18.6. The molecular formula is C18H21N5OS2. The minimum Gasteiger partial charge on any atom is -0.300 e. The third kappa shape index (κ3) is 4.70. The van der Waals surface area contributed by atoms with E-state index >= 15 is 0 Å². The number of nitrogens with one attached hydrogen (secondary N) is 1. The Hall–Kier alpha value is -2.19. The van der Waals surface area contributed by atoms with Crippen molar-refractivity contribution in [2.45, 2.75) is 36.8 Å². The molecule has 0 aliphatic heterocycles. The number of thioether (sulfide) groups is 1. The van der Waals surface area contributed by atoms with Crippen molar-refractivity contribution in [2.24, 2.45) is 7.05 Å². The molecule has 1 N–H and O–H groups in total. The molecule has 0 fully saturated rings. The van der Waals surface area contributed by atoms with Gasteiger partial charge < -0.3 is 5.32 Å². The van der Waals surface area contributed by atoms with E-state index in [2.05, 4.69) is 32.7 Å². The summed E-state index contributed by atoms with van der Waals surface area (Å²) in [6.45, 7) is 4.00. The van der Waals surface area contributed by atoms with E-state index in [0.29, 0.717) is 18.0 Å². The van der Waals surface area contributed by atoms with E-state index in [9.17, 15) is 4.79 Å². The molecule has 0 radical (unpaired) electrons. The Kier molecular flexibility index (Phi) is 6.05. The first-order valence-electron chi connectivity index (χ1n) is 8.32. The van der Waals surface area contributed by atoms with Gasteiger partial charge in [0.1, 0.15) is 0 Å². The van der Waals surface area contributed by atoms with Crippen molar-refractivity contribution in [1.29, 1.82) is 0 Å². The minimum atomic E-state index is -0.0524. The van der Waals surface area contributed by atoms with Crippen LogP contribution in [0.15, 0.2) is 34.7 Å². The van der Waals surface area contributed by atoms with E-state index in [-0.39, 0.29) is 5.91 Å². The van der Waals surface area contributed by atoms with Gasteiger partial charge in [0.25, 0.3) is 0 Å². The van der Waals surface area contributed by atoms with Crippen LogP contribution in [0.25, 0.3) is 0 Å². The summed E-state index contributed by atoms with van der Waals surface area (Å²) in [5, 5.41) is 16.0. The van der Waals surface area contributed by atoms with E-state index in [4.69, 9.17) is 0 Å². The van der Waals surface area contributed by atoms with Gasteiger partial charge in [0.15, 0.2) is 4.34 Å². The van der Waals surface area contributed by atoms with Crippen LogP contribution in [-0.2, 0) is 24.0 Å². The minimum absolute atomic E-state index is 0.0524. The van der Waals surface area contributed by atoms with Crippen LogP contribution in [0.2, 0.25) is 0 Å². The highest BCUT2D eigenvalue weighted by Crippen LogP contribution is 2.28. The molecule has 6 nitrogen and oxygen atoms in total. The van der Waals surface area contributed by atoms with E-state index in [1.54, 1.807) is 11.8 Å². The largest absolute Gasteiger partial charge is 0.300 e. The van der Waals surface area contributed by atoms with Crippen LogP contribution < -0.4 is 5.32 Å². The second-order valence-corrected chi connectivity index (χ2v) is 8.17. The molecule has 2 heterocycles. The Bertz CT molecular complexity index is 888. The molecule has 0 aliphatic carbocycles. The van der Waals surface area contributed by atoms with Crippen LogP contribution in [0.3, 0.4) is 0 Å². The average molecular weight is 388 g/mol. The van der Waals surface area contributed by atoms with Gasteiger partial charge in [-0.1, -0.05) is 53.4 Å². The topological polar surface area (TPSA) is 72.7 Å². The van der Waals surface area contributed by atoms with Gasteiger partial charge in [-0.05, 0) is 31.4 Å². The lowest BCUT2D eigenvalue weighted by Crippen LogP contribution is -2.12. The number of carbonyl (C=O) groups excluding carboxylic acids is 1. The second-order valence-electron chi connectivity index (χ2n) is 5.97. The predicted octanol–water partition coefficient (Wildman–Crippen LogP) is 3.75. The smallest absolute Gasteiger partial charge is 0.226 e. The number of aryl methyl sites for hydroxylation is 2. The number of amides is 1. The third-order valence-corrected chi connectivity index (χ3v) is 6.16.